The minimum Gasteiger partial charge on any atom is -0.319 e. The zero-order valence-electron chi connectivity index (χ0n) is 14.5. The van der Waals surface area contributed by atoms with Crippen LogP contribution in [0.5, 0.6) is 0 Å². The summed E-state index contributed by atoms with van der Waals surface area (Å²) in [4.78, 5) is 15.9. The Labute approximate surface area is 154 Å². The fourth-order valence-corrected chi connectivity index (χ4v) is 3.09. The first-order valence-electron chi connectivity index (χ1n) is 8.36. The van der Waals surface area contributed by atoms with Gasteiger partial charge in [0, 0.05) is 18.8 Å². The molecule has 25 heavy (non-hydrogen) atoms. The number of nitrogens with zero attached hydrogens (tertiary/aromatic N) is 3. The lowest BCUT2D eigenvalue weighted by Gasteiger charge is -2.26. The number of rotatable bonds is 8. The number of amides is 2. The summed E-state index contributed by atoms with van der Waals surface area (Å²) in [6.45, 7) is 3.53. The summed E-state index contributed by atoms with van der Waals surface area (Å²) in [5, 5.41) is 9.47. The molecule has 0 aromatic heterocycles. The second-order valence-electron chi connectivity index (χ2n) is 5.56. The molecule has 130 valence electrons. The van der Waals surface area contributed by atoms with Gasteiger partial charge in [0.15, 0.2) is 6.19 Å². The first-order valence-corrected chi connectivity index (χ1v) is 9.51. The van der Waals surface area contributed by atoms with Gasteiger partial charge >= 0.3 is 6.03 Å². The van der Waals surface area contributed by atoms with Crippen LogP contribution in [0.15, 0.2) is 60.7 Å². The Balaban J connectivity index is 2.09. The second kappa shape index (κ2) is 10.4. The Morgan fingerprint density at radius 2 is 1.56 bits per heavy atom. The molecule has 0 radical (unpaired) electrons. The second-order valence-corrected chi connectivity index (χ2v) is 6.95. The highest BCUT2D eigenvalue weighted by molar-refractivity contribution is 7.99. The largest absolute Gasteiger partial charge is 0.333 e. The number of benzene rings is 2. The first-order chi connectivity index (χ1) is 12.2. The smallest absolute Gasteiger partial charge is 0.319 e. The SMILES string of the molecule is CCSCCN(Cc1ccccc1)C(=O)N(C#N)Cc1ccccc1. The van der Waals surface area contributed by atoms with Crippen LogP contribution in [0.25, 0.3) is 0 Å². The van der Waals surface area contributed by atoms with Crippen molar-refractivity contribution in [1.82, 2.24) is 9.80 Å². The van der Waals surface area contributed by atoms with Gasteiger partial charge < -0.3 is 4.90 Å². The van der Waals surface area contributed by atoms with E-state index >= 15 is 0 Å². The van der Waals surface area contributed by atoms with E-state index in [2.05, 4.69) is 6.92 Å². The van der Waals surface area contributed by atoms with E-state index in [0.717, 1.165) is 22.6 Å². The molecule has 0 saturated heterocycles. The zero-order valence-corrected chi connectivity index (χ0v) is 15.3. The molecule has 2 aromatic rings. The van der Waals surface area contributed by atoms with E-state index in [4.69, 9.17) is 0 Å². The van der Waals surface area contributed by atoms with Gasteiger partial charge in [0.1, 0.15) is 0 Å². The number of urea groups is 1. The molecule has 4 nitrogen and oxygen atoms in total. The molecule has 0 aliphatic carbocycles. The molecule has 0 aliphatic heterocycles. The fourth-order valence-electron chi connectivity index (χ4n) is 2.45. The van der Waals surface area contributed by atoms with Crippen molar-refractivity contribution in [3.8, 4) is 6.19 Å². The van der Waals surface area contributed by atoms with Gasteiger partial charge in [-0.05, 0) is 16.9 Å². The molecule has 0 N–H and O–H groups in total. The lowest BCUT2D eigenvalue weighted by atomic mass is 10.2. The average molecular weight is 353 g/mol. The van der Waals surface area contributed by atoms with E-state index in [9.17, 15) is 10.1 Å². The zero-order chi connectivity index (χ0) is 17.9. The normalized spacial score (nSPS) is 10.1. The monoisotopic (exact) mass is 353 g/mol. The lowest BCUT2D eigenvalue weighted by Crippen LogP contribution is -2.41. The molecule has 2 rings (SSSR count). The maximum atomic E-state index is 12.9. The van der Waals surface area contributed by atoms with E-state index in [-0.39, 0.29) is 6.03 Å². The highest BCUT2D eigenvalue weighted by Gasteiger charge is 2.21. The molecule has 0 bridgehead atoms. The topological polar surface area (TPSA) is 47.3 Å². The third kappa shape index (κ3) is 6.17. The van der Waals surface area contributed by atoms with Crippen LogP contribution in [0.1, 0.15) is 18.1 Å². The predicted octanol–water partition coefficient (Wildman–Crippen LogP) is 4.34. The molecule has 2 aromatic carbocycles. The van der Waals surface area contributed by atoms with Crippen molar-refractivity contribution in [2.75, 3.05) is 18.1 Å². The minimum atomic E-state index is -0.244. The molecule has 5 heteroatoms. The molecule has 2 amide bonds. The van der Waals surface area contributed by atoms with Gasteiger partial charge in [-0.3, -0.25) is 0 Å². The molecular formula is C20H23N3OS. The molecule has 0 heterocycles. The van der Waals surface area contributed by atoms with Gasteiger partial charge in [0.2, 0.25) is 0 Å². The van der Waals surface area contributed by atoms with Crippen LogP contribution in [0.4, 0.5) is 4.79 Å². The number of hydrogen-bond donors (Lipinski definition) is 0. The maximum absolute atomic E-state index is 12.9. The van der Waals surface area contributed by atoms with E-state index in [0.29, 0.717) is 19.6 Å². The van der Waals surface area contributed by atoms with Crippen LogP contribution in [0.3, 0.4) is 0 Å². The van der Waals surface area contributed by atoms with Crippen LogP contribution in [-0.4, -0.2) is 33.9 Å². The van der Waals surface area contributed by atoms with E-state index < -0.39 is 0 Å². The van der Waals surface area contributed by atoms with E-state index in [1.807, 2.05) is 66.9 Å². The molecule has 0 saturated carbocycles. The van der Waals surface area contributed by atoms with Crippen molar-refractivity contribution in [2.24, 2.45) is 0 Å². The number of nitriles is 1. The molecule has 0 aliphatic rings. The third-order valence-electron chi connectivity index (χ3n) is 3.73. The average Bonchev–Trinajstić information content (AvgIpc) is 2.66. The molecule has 0 unspecified atom stereocenters. The van der Waals surface area contributed by atoms with E-state index in [1.165, 1.54) is 4.90 Å². The van der Waals surface area contributed by atoms with Crippen molar-refractivity contribution < 1.29 is 4.79 Å². The summed E-state index contributed by atoms with van der Waals surface area (Å²) >= 11 is 1.79. The Morgan fingerprint density at radius 3 is 2.08 bits per heavy atom. The Hall–Kier alpha value is -2.45. The van der Waals surface area contributed by atoms with Gasteiger partial charge in [0.05, 0.1) is 6.54 Å². The minimum absolute atomic E-state index is 0.244. The quantitative estimate of drug-likeness (QED) is 0.403. The van der Waals surface area contributed by atoms with Crippen LogP contribution in [-0.2, 0) is 13.1 Å². The van der Waals surface area contributed by atoms with Gasteiger partial charge in [-0.2, -0.15) is 17.0 Å². The number of thioether (sulfide) groups is 1. The maximum Gasteiger partial charge on any atom is 0.333 e. The fraction of sp³-hybridized carbons (Fsp3) is 0.300. The van der Waals surface area contributed by atoms with Crippen LogP contribution < -0.4 is 0 Å². The van der Waals surface area contributed by atoms with Crippen molar-refractivity contribution in [2.45, 2.75) is 20.0 Å². The van der Waals surface area contributed by atoms with Gasteiger partial charge in [-0.1, -0.05) is 67.6 Å². The number of hydrogen-bond acceptors (Lipinski definition) is 3. The lowest BCUT2D eigenvalue weighted by molar-refractivity contribution is 0.170. The third-order valence-corrected chi connectivity index (χ3v) is 4.61. The molecule has 0 spiro atoms. The van der Waals surface area contributed by atoms with Crippen molar-refractivity contribution >= 4 is 17.8 Å². The summed E-state index contributed by atoms with van der Waals surface area (Å²) in [5.41, 5.74) is 2.01. The van der Waals surface area contributed by atoms with Gasteiger partial charge in [0.25, 0.3) is 0 Å². The number of carbonyl (C=O) groups is 1. The van der Waals surface area contributed by atoms with E-state index in [1.54, 1.807) is 16.7 Å². The Kier molecular flexibility index (Phi) is 7.87. The van der Waals surface area contributed by atoms with Crippen LogP contribution in [0, 0.1) is 11.5 Å². The van der Waals surface area contributed by atoms with Crippen molar-refractivity contribution in [3.63, 3.8) is 0 Å². The van der Waals surface area contributed by atoms with Gasteiger partial charge in [-0.25, -0.2) is 9.69 Å². The molecular weight excluding hydrogens is 330 g/mol. The van der Waals surface area contributed by atoms with Crippen molar-refractivity contribution in [3.05, 3.63) is 71.8 Å². The van der Waals surface area contributed by atoms with Gasteiger partial charge in [-0.15, -0.1) is 0 Å². The Bertz CT molecular complexity index is 685. The Morgan fingerprint density at radius 1 is 1.00 bits per heavy atom. The standard InChI is InChI=1S/C20H23N3OS/c1-2-25-14-13-22(15-18-9-5-3-6-10-18)20(24)23(17-21)16-19-11-7-4-8-12-19/h3-12H,2,13-16H2,1H3. The molecule has 0 fully saturated rings. The summed E-state index contributed by atoms with van der Waals surface area (Å²) in [7, 11) is 0. The van der Waals surface area contributed by atoms with Crippen LogP contribution in [0.2, 0.25) is 0 Å². The summed E-state index contributed by atoms with van der Waals surface area (Å²) in [6, 6.07) is 19.2. The predicted molar refractivity (Wildman–Crippen MR) is 103 cm³/mol. The highest BCUT2D eigenvalue weighted by atomic mass is 32.2. The van der Waals surface area contributed by atoms with Crippen LogP contribution >= 0.6 is 11.8 Å². The highest BCUT2D eigenvalue weighted by Crippen LogP contribution is 2.12. The summed E-state index contributed by atoms with van der Waals surface area (Å²) in [5.74, 6) is 1.87. The summed E-state index contributed by atoms with van der Waals surface area (Å²) < 4.78 is 0. The first kappa shape index (κ1) is 18.9. The number of carbonyl (C=O) groups excluding carboxylic acids is 1. The van der Waals surface area contributed by atoms with Crippen molar-refractivity contribution in [1.29, 1.82) is 5.26 Å². The molecule has 0 atom stereocenters. The summed E-state index contributed by atoms with van der Waals surface area (Å²) in [6.07, 6.45) is 2.04.